The lowest BCUT2D eigenvalue weighted by molar-refractivity contribution is 0.158. The zero-order valence-electron chi connectivity index (χ0n) is 19.3. The Kier molecular flexibility index (Phi) is 7.03. The number of carbonyl (C=O) groups excluding carboxylic acids is 1. The lowest BCUT2D eigenvalue weighted by Gasteiger charge is -2.28. The minimum absolute atomic E-state index is 0.0599. The summed E-state index contributed by atoms with van der Waals surface area (Å²) < 4.78 is 18.4. The van der Waals surface area contributed by atoms with E-state index in [2.05, 4.69) is 0 Å². The number of ether oxygens (including phenoxy) is 1. The predicted molar refractivity (Wildman–Crippen MR) is 128 cm³/mol. The quantitative estimate of drug-likeness (QED) is 0.467. The number of hydrogen-bond donors (Lipinski definition) is 2. The van der Waals surface area contributed by atoms with Crippen molar-refractivity contribution in [2.24, 2.45) is 0 Å². The Bertz CT molecular complexity index is 1120. The van der Waals surface area contributed by atoms with E-state index in [4.69, 9.17) is 4.74 Å². The molecule has 0 radical (unpaired) electrons. The third kappa shape index (κ3) is 4.70. The molecule has 1 aliphatic rings. The van der Waals surface area contributed by atoms with Gasteiger partial charge < -0.3 is 19.8 Å². The van der Waals surface area contributed by atoms with Gasteiger partial charge in [-0.25, -0.2) is 9.18 Å². The molecule has 4 rings (SSSR count). The fraction of sp³-hybridized carbons (Fsp3) is 0.296. The summed E-state index contributed by atoms with van der Waals surface area (Å²) in [4.78, 5) is 16.8. The number of carbonyl (C=O) groups is 1. The van der Waals surface area contributed by atoms with Crippen molar-refractivity contribution in [2.45, 2.75) is 37.5 Å². The Balaban J connectivity index is 1.60. The number of urea groups is 1. The summed E-state index contributed by atoms with van der Waals surface area (Å²) in [6, 6.07) is 19.5. The zero-order valence-corrected chi connectivity index (χ0v) is 19.3. The number of rotatable bonds is 8. The van der Waals surface area contributed by atoms with Crippen LogP contribution in [0.25, 0.3) is 0 Å². The number of halogens is 1. The van der Waals surface area contributed by atoms with E-state index in [9.17, 15) is 19.4 Å². The maximum atomic E-state index is 13.3. The predicted octanol–water partition coefficient (Wildman–Crippen LogP) is 5.43. The van der Waals surface area contributed by atoms with E-state index in [-0.39, 0.29) is 23.6 Å². The van der Waals surface area contributed by atoms with Gasteiger partial charge in [0, 0.05) is 24.4 Å². The van der Waals surface area contributed by atoms with Crippen molar-refractivity contribution in [3.8, 4) is 11.5 Å². The number of likely N-dealkylation sites (N-methyl/N-ethyl adjacent to an activating group) is 1. The fourth-order valence-corrected chi connectivity index (χ4v) is 4.64. The minimum atomic E-state index is -0.721. The van der Waals surface area contributed by atoms with Crippen LogP contribution in [0.15, 0.2) is 72.8 Å². The standard InChI is InChI=1S/C27H29FN2O4/c1-29-23(9-6-10-24(31)18-11-13-19(28)14-12-18)26(22-16-15-21(34-2)17-25(22)32)30(27(29)33)20-7-4-3-5-8-20/h3-5,7-8,11-17,23-24,26,31-32H,6,9-10H2,1-2H3/t23-,24?,26-/m1/s1. The zero-order chi connectivity index (χ0) is 24.2. The van der Waals surface area contributed by atoms with Crippen LogP contribution in [0.2, 0.25) is 0 Å². The van der Waals surface area contributed by atoms with E-state index in [0.717, 1.165) is 5.69 Å². The van der Waals surface area contributed by atoms with Crippen molar-refractivity contribution < 1.29 is 24.1 Å². The van der Waals surface area contributed by atoms with Gasteiger partial charge in [-0.05, 0) is 61.2 Å². The van der Waals surface area contributed by atoms with Gasteiger partial charge in [-0.1, -0.05) is 30.3 Å². The highest BCUT2D eigenvalue weighted by molar-refractivity contribution is 5.95. The van der Waals surface area contributed by atoms with Gasteiger partial charge in [-0.3, -0.25) is 4.90 Å². The number of aromatic hydroxyl groups is 1. The topological polar surface area (TPSA) is 73.2 Å². The molecule has 0 aliphatic carbocycles. The smallest absolute Gasteiger partial charge is 0.325 e. The molecule has 1 unspecified atom stereocenters. The summed E-state index contributed by atoms with van der Waals surface area (Å²) in [6.07, 6.45) is 0.995. The third-order valence-corrected chi connectivity index (χ3v) is 6.47. The van der Waals surface area contributed by atoms with Crippen LogP contribution in [0.1, 0.15) is 42.5 Å². The third-order valence-electron chi connectivity index (χ3n) is 6.47. The van der Waals surface area contributed by atoms with E-state index in [1.54, 1.807) is 47.2 Å². The molecule has 2 amide bonds. The molecule has 3 aromatic rings. The Morgan fingerprint density at radius 1 is 1.06 bits per heavy atom. The van der Waals surface area contributed by atoms with Crippen LogP contribution >= 0.6 is 0 Å². The lowest BCUT2D eigenvalue weighted by Crippen LogP contribution is -2.31. The SMILES string of the molecule is COc1ccc([C@@H]2[C@@H](CCCC(O)c3ccc(F)cc3)N(C)C(=O)N2c2ccccc2)c(O)c1. The molecular formula is C27H29FN2O4. The second kappa shape index (κ2) is 10.1. The molecule has 1 fully saturated rings. The van der Waals surface area contributed by atoms with Gasteiger partial charge in [0.2, 0.25) is 0 Å². The van der Waals surface area contributed by atoms with Crippen molar-refractivity contribution >= 4 is 11.7 Å². The van der Waals surface area contributed by atoms with Gasteiger partial charge in [0.25, 0.3) is 0 Å². The van der Waals surface area contributed by atoms with Gasteiger partial charge in [0.05, 0.1) is 25.3 Å². The number of phenols is 1. The van der Waals surface area contributed by atoms with E-state index in [1.807, 2.05) is 30.3 Å². The van der Waals surface area contributed by atoms with E-state index < -0.39 is 12.1 Å². The molecule has 6 nitrogen and oxygen atoms in total. The van der Waals surface area contributed by atoms with Crippen molar-refractivity contribution in [1.82, 2.24) is 4.90 Å². The summed E-state index contributed by atoms with van der Waals surface area (Å²) in [5, 5.41) is 21.4. The van der Waals surface area contributed by atoms with E-state index in [0.29, 0.717) is 36.1 Å². The van der Waals surface area contributed by atoms with Gasteiger partial charge in [0.1, 0.15) is 17.3 Å². The van der Waals surface area contributed by atoms with Crippen LogP contribution in [0, 0.1) is 5.82 Å². The molecular weight excluding hydrogens is 435 g/mol. The van der Waals surface area contributed by atoms with Crippen LogP contribution in [0.5, 0.6) is 11.5 Å². The molecule has 0 bridgehead atoms. The normalized spacial score (nSPS) is 18.9. The van der Waals surface area contributed by atoms with Gasteiger partial charge in [-0.15, -0.1) is 0 Å². The Labute approximate surface area is 198 Å². The van der Waals surface area contributed by atoms with E-state index in [1.165, 1.54) is 19.2 Å². The lowest BCUT2D eigenvalue weighted by atomic mass is 9.92. The van der Waals surface area contributed by atoms with E-state index >= 15 is 0 Å². The molecule has 1 aliphatic heterocycles. The first-order valence-corrected chi connectivity index (χ1v) is 11.3. The molecule has 0 spiro atoms. The second-order valence-corrected chi connectivity index (χ2v) is 8.53. The molecule has 1 saturated heterocycles. The summed E-state index contributed by atoms with van der Waals surface area (Å²) in [7, 11) is 3.30. The number of anilines is 1. The van der Waals surface area contributed by atoms with Crippen LogP contribution in [-0.2, 0) is 0 Å². The average molecular weight is 465 g/mol. The largest absolute Gasteiger partial charge is 0.507 e. The van der Waals surface area contributed by atoms with Gasteiger partial charge in [0.15, 0.2) is 0 Å². The van der Waals surface area contributed by atoms with Crippen LogP contribution in [0.4, 0.5) is 14.9 Å². The second-order valence-electron chi connectivity index (χ2n) is 8.53. The minimum Gasteiger partial charge on any atom is -0.507 e. The number of methoxy groups -OCH3 is 1. The fourth-order valence-electron chi connectivity index (χ4n) is 4.64. The summed E-state index contributed by atoms with van der Waals surface area (Å²) in [5.74, 6) is 0.249. The maximum absolute atomic E-state index is 13.3. The first-order valence-electron chi connectivity index (χ1n) is 11.3. The monoisotopic (exact) mass is 464 g/mol. The first-order chi connectivity index (χ1) is 16.4. The first kappa shape index (κ1) is 23.6. The highest BCUT2D eigenvalue weighted by atomic mass is 19.1. The Hall–Kier alpha value is -3.58. The molecule has 0 saturated carbocycles. The molecule has 3 aromatic carbocycles. The number of phenolic OH excluding ortho intramolecular Hbond substituents is 1. The number of aliphatic hydroxyl groups excluding tert-OH is 1. The van der Waals surface area contributed by atoms with Gasteiger partial charge in [-0.2, -0.15) is 0 Å². The number of benzene rings is 3. The van der Waals surface area contributed by atoms with Crippen molar-refractivity contribution in [2.75, 3.05) is 19.1 Å². The number of aliphatic hydroxyl groups is 1. The summed E-state index contributed by atoms with van der Waals surface area (Å²) in [6.45, 7) is 0. The number of nitrogens with zero attached hydrogens (tertiary/aromatic N) is 2. The molecule has 1 heterocycles. The Morgan fingerprint density at radius 3 is 2.41 bits per heavy atom. The van der Waals surface area contributed by atoms with Crippen LogP contribution in [-0.4, -0.2) is 41.3 Å². The molecule has 2 N–H and O–H groups in total. The van der Waals surface area contributed by atoms with Crippen molar-refractivity contribution in [1.29, 1.82) is 0 Å². The van der Waals surface area contributed by atoms with Crippen molar-refractivity contribution in [3.05, 3.63) is 89.7 Å². The maximum Gasteiger partial charge on any atom is 0.325 e. The highest BCUT2D eigenvalue weighted by Crippen LogP contribution is 2.44. The number of hydrogen-bond acceptors (Lipinski definition) is 4. The van der Waals surface area contributed by atoms with Crippen LogP contribution in [0.3, 0.4) is 0 Å². The molecule has 0 aromatic heterocycles. The Morgan fingerprint density at radius 2 is 1.76 bits per heavy atom. The van der Waals surface area contributed by atoms with Gasteiger partial charge >= 0.3 is 6.03 Å². The summed E-state index contributed by atoms with van der Waals surface area (Å²) >= 11 is 0. The highest BCUT2D eigenvalue weighted by Gasteiger charge is 2.46. The summed E-state index contributed by atoms with van der Waals surface area (Å²) in [5.41, 5.74) is 2.03. The van der Waals surface area contributed by atoms with Crippen LogP contribution < -0.4 is 9.64 Å². The van der Waals surface area contributed by atoms with Crippen molar-refractivity contribution in [3.63, 3.8) is 0 Å². The average Bonchev–Trinajstić information content (AvgIpc) is 3.09. The molecule has 3 atom stereocenters. The number of para-hydroxylation sites is 1. The molecule has 7 heteroatoms. The molecule has 178 valence electrons. The number of amides is 2. The molecule has 34 heavy (non-hydrogen) atoms.